The molecule has 0 unspecified atom stereocenters. The summed E-state index contributed by atoms with van der Waals surface area (Å²) >= 11 is 34.4. The van der Waals surface area contributed by atoms with Gasteiger partial charge in [-0.15, -0.1) is 0 Å². The Bertz CT molecular complexity index is 1770. The molecule has 2 nitrogen and oxygen atoms in total. The van der Waals surface area contributed by atoms with E-state index in [-0.39, 0.29) is 5.42 Å². The van der Waals surface area contributed by atoms with Crippen molar-refractivity contribution >= 4 is 139 Å². The minimum absolute atomic E-state index is 0.235. The van der Waals surface area contributed by atoms with Crippen LogP contribution in [0.2, 0.25) is 20.1 Å². The molecule has 0 spiro atoms. The van der Waals surface area contributed by atoms with Gasteiger partial charge in [-0.3, -0.25) is 0 Å². The van der Waals surface area contributed by atoms with Crippen LogP contribution in [0.1, 0.15) is 0 Å². The molecule has 0 fully saturated rings. The number of benzene rings is 5. The van der Waals surface area contributed by atoms with Crippen molar-refractivity contribution < 1.29 is 4.42 Å². The van der Waals surface area contributed by atoms with Crippen LogP contribution in [0.4, 0.5) is 0 Å². The van der Waals surface area contributed by atoms with Crippen molar-refractivity contribution in [1.82, 2.24) is 0 Å². The van der Waals surface area contributed by atoms with Gasteiger partial charge in [-0.1, -0.05) is 84.8 Å². The molecule has 0 bridgehead atoms. The van der Waals surface area contributed by atoms with Crippen LogP contribution in [0.5, 0.6) is 0 Å². The molecule has 152 valence electrons. The van der Waals surface area contributed by atoms with E-state index in [4.69, 9.17) is 50.8 Å². The van der Waals surface area contributed by atoms with Gasteiger partial charge in [0.25, 0.3) is 0 Å². The lowest BCUT2D eigenvalue weighted by Gasteiger charge is -2.21. The average Bonchev–Trinajstić information content (AvgIpc) is 2.68. The number of hydrogen-bond acceptors (Lipinski definition) is 2. The van der Waals surface area contributed by atoms with Gasteiger partial charge in [-0.2, -0.15) is 0 Å². The Kier molecular flexibility index (Phi) is 4.35. The van der Waals surface area contributed by atoms with E-state index in [9.17, 15) is 4.79 Å². The first-order chi connectivity index (χ1) is 14.7. The zero-order valence-electron chi connectivity index (χ0n) is 15.1. The van der Waals surface area contributed by atoms with Gasteiger partial charge in [0.2, 0.25) is 0 Å². The summed E-state index contributed by atoms with van der Waals surface area (Å²) in [6.07, 6.45) is 0. The van der Waals surface area contributed by atoms with E-state index in [0.29, 0.717) is 52.4 Å². The molecule has 6 rings (SSSR count). The zero-order chi connectivity index (χ0) is 21.9. The molecule has 1 aromatic heterocycles. The van der Waals surface area contributed by atoms with Gasteiger partial charge in [0.05, 0.1) is 15.4 Å². The van der Waals surface area contributed by atoms with E-state index >= 15 is 0 Å². The maximum Gasteiger partial charge on any atom is 0.344 e. The Labute approximate surface area is 210 Å². The molecule has 0 saturated heterocycles. The van der Waals surface area contributed by atoms with Crippen LogP contribution in [0, 0.1) is 0 Å². The summed E-state index contributed by atoms with van der Waals surface area (Å²) in [7, 11) is 0. The van der Waals surface area contributed by atoms with Crippen LogP contribution in [0.25, 0.3) is 60.4 Å². The lowest BCUT2D eigenvalue weighted by atomic mass is 9.87. The van der Waals surface area contributed by atoms with Crippen molar-refractivity contribution in [3.05, 3.63) is 69.1 Å². The minimum Gasteiger partial charge on any atom is -0.423 e. The Morgan fingerprint density at radius 1 is 0.613 bits per heavy atom. The van der Waals surface area contributed by atoms with E-state index in [1.54, 1.807) is 12.1 Å². The minimum atomic E-state index is -0.515. The second-order valence-corrected chi connectivity index (χ2v) is 10.6. The van der Waals surface area contributed by atoms with E-state index < -0.39 is 5.63 Å². The van der Waals surface area contributed by atoms with Gasteiger partial charge in [0.15, 0.2) is 0 Å². The van der Waals surface area contributed by atoms with Crippen molar-refractivity contribution in [3.63, 3.8) is 0 Å². The second-order valence-electron chi connectivity index (χ2n) is 7.31. The van der Waals surface area contributed by atoms with E-state index in [2.05, 4.69) is 38.4 Å². The van der Waals surface area contributed by atoms with E-state index in [1.165, 1.54) is 0 Å². The Balaban J connectivity index is 2.20. The molecule has 1 heterocycles. The molecule has 5 aromatic carbocycles. The van der Waals surface area contributed by atoms with Crippen LogP contribution in [-0.2, 0) is 0 Å². The Morgan fingerprint density at radius 3 is 1.55 bits per heavy atom. The van der Waals surface area contributed by atoms with Crippen LogP contribution in [0.3, 0.4) is 0 Å². The maximum absolute atomic E-state index is 12.7. The topological polar surface area (TPSA) is 30.2 Å². The van der Waals surface area contributed by atoms with Gasteiger partial charge in [-0.05, 0) is 24.3 Å². The molecule has 8 heteroatoms. The fourth-order valence-electron chi connectivity index (χ4n) is 4.63. The summed E-state index contributed by atoms with van der Waals surface area (Å²) in [6, 6.07) is 7.02. The number of rotatable bonds is 0. The highest BCUT2D eigenvalue weighted by Gasteiger charge is 2.26. The normalized spacial score (nSPS) is 12.5. The van der Waals surface area contributed by atoms with Crippen LogP contribution >= 0.6 is 78.3 Å². The van der Waals surface area contributed by atoms with Crippen molar-refractivity contribution in [2.45, 2.75) is 0 Å². The SMILES string of the molecule is C=c1oc(=O)c2cc(Cl)c3c4c(Cl)cc(Br)c5c(Br)cc(Cl)c(c6c(Cl)cc1c2c63)c54. The van der Waals surface area contributed by atoms with Crippen LogP contribution in [-0.4, -0.2) is 0 Å². The lowest BCUT2D eigenvalue weighted by Crippen LogP contribution is -2.12. The molecule has 6 aromatic rings. The van der Waals surface area contributed by atoms with Crippen LogP contribution < -0.4 is 11.0 Å². The van der Waals surface area contributed by atoms with E-state index in [0.717, 1.165) is 30.5 Å². The van der Waals surface area contributed by atoms with Gasteiger partial charge in [0, 0.05) is 67.5 Å². The zero-order valence-corrected chi connectivity index (χ0v) is 21.3. The summed E-state index contributed by atoms with van der Waals surface area (Å²) in [5.41, 5.74) is -0.280. The first kappa shape index (κ1) is 20.3. The molecular weight excluding hydrogens is 610 g/mol. The highest BCUT2D eigenvalue weighted by atomic mass is 79.9. The third-order valence-corrected chi connectivity index (χ3v) is 8.20. The van der Waals surface area contributed by atoms with E-state index in [1.807, 2.05) is 12.1 Å². The van der Waals surface area contributed by atoms with Crippen molar-refractivity contribution in [1.29, 1.82) is 0 Å². The standard InChI is InChI=1S/C23H6Br2Cl4O2/c1-6-7-2-11(26)17-19-13(28)4-9(24)16-10(25)5-14(29)20(22(16)19)18-12(27)3-8(23(30)31-6)15(7)21(17)18/h2-5H,1H2. The molecular formula is C23H6Br2Cl4O2. The number of halogens is 6. The molecule has 0 amide bonds. The number of hydrogen-bond donors (Lipinski definition) is 0. The molecule has 0 saturated carbocycles. The fourth-order valence-corrected chi connectivity index (χ4v) is 7.63. The molecule has 0 aliphatic heterocycles. The average molecular weight is 616 g/mol. The van der Waals surface area contributed by atoms with Crippen molar-refractivity contribution in [2.24, 2.45) is 0 Å². The highest BCUT2D eigenvalue weighted by molar-refractivity contribution is 9.11. The molecule has 0 radical (unpaired) electrons. The summed E-state index contributed by atoms with van der Waals surface area (Å²) in [5.74, 6) is 0. The van der Waals surface area contributed by atoms with Gasteiger partial charge in [0.1, 0.15) is 5.42 Å². The third-order valence-electron chi connectivity index (χ3n) is 5.76. The summed E-state index contributed by atoms with van der Waals surface area (Å²) in [4.78, 5) is 12.7. The summed E-state index contributed by atoms with van der Waals surface area (Å²) in [5, 5.41) is 8.79. The molecule has 0 aliphatic carbocycles. The Hall–Kier alpha value is -1.27. The molecule has 0 N–H and O–H groups in total. The predicted molar refractivity (Wildman–Crippen MR) is 140 cm³/mol. The van der Waals surface area contributed by atoms with Crippen LogP contribution in [0.15, 0.2) is 42.4 Å². The smallest absolute Gasteiger partial charge is 0.344 e. The predicted octanol–water partition coefficient (Wildman–Crippen LogP) is 9.11. The second kappa shape index (κ2) is 6.63. The largest absolute Gasteiger partial charge is 0.423 e. The van der Waals surface area contributed by atoms with Crippen molar-refractivity contribution in [2.75, 3.05) is 0 Å². The third kappa shape index (κ3) is 2.49. The first-order valence-electron chi connectivity index (χ1n) is 8.91. The monoisotopic (exact) mass is 612 g/mol. The molecule has 0 aliphatic rings. The highest BCUT2D eigenvalue weighted by Crippen LogP contribution is 2.53. The fraction of sp³-hybridized carbons (Fsp3) is 0. The maximum atomic E-state index is 12.7. The quantitative estimate of drug-likeness (QED) is 0.126. The molecule has 0 atom stereocenters. The van der Waals surface area contributed by atoms with Gasteiger partial charge < -0.3 is 4.42 Å². The molecule has 31 heavy (non-hydrogen) atoms. The van der Waals surface area contributed by atoms with Crippen molar-refractivity contribution in [3.8, 4) is 0 Å². The summed E-state index contributed by atoms with van der Waals surface area (Å²) in [6.45, 7) is 3.90. The van der Waals surface area contributed by atoms with Gasteiger partial charge >= 0.3 is 5.63 Å². The number of fused-ring (bicyclic) bond motifs is 2. The Morgan fingerprint density at radius 2 is 1.03 bits per heavy atom. The summed E-state index contributed by atoms with van der Waals surface area (Å²) < 4.78 is 6.94. The van der Waals surface area contributed by atoms with Gasteiger partial charge in [-0.25, -0.2) is 4.79 Å². The lowest BCUT2D eigenvalue weighted by molar-refractivity contribution is 0.494. The first-order valence-corrected chi connectivity index (χ1v) is 12.0.